The fourth-order valence-corrected chi connectivity index (χ4v) is 2.68. The summed E-state index contributed by atoms with van der Waals surface area (Å²) in [6, 6.07) is 0. The second-order valence-corrected chi connectivity index (χ2v) is 4.65. The average Bonchev–Trinajstić information content (AvgIpc) is 2.28. The van der Waals surface area contributed by atoms with Crippen LogP contribution in [0.4, 0.5) is 0 Å². The molecule has 1 rings (SSSR count). The molecule has 1 unspecified atom stereocenters. The maximum atomic E-state index is 5.93. The molecule has 0 aromatic carbocycles. The summed E-state index contributed by atoms with van der Waals surface area (Å²) in [6.07, 6.45) is 7.58. The van der Waals surface area contributed by atoms with E-state index in [2.05, 4.69) is 20.8 Å². The molecule has 0 fully saturated rings. The molecule has 1 aliphatic carbocycles. The van der Waals surface area contributed by atoms with Crippen molar-refractivity contribution in [2.24, 2.45) is 11.1 Å². The van der Waals surface area contributed by atoms with E-state index in [1.807, 2.05) is 0 Å². The third-order valence-corrected chi connectivity index (χ3v) is 4.08. The molecule has 1 heteroatoms. The van der Waals surface area contributed by atoms with Gasteiger partial charge in [-0.05, 0) is 50.5 Å². The van der Waals surface area contributed by atoms with Crippen molar-refractivity contribution < 1.29 is 0 Å². The molecule has 0 bridgehead atoms. The summed E-state index contributed by atoms with van der Waals surface area (Å²) in [5.74, 6) is 0. The lowest BCUT2D eigenvalue weighted by Gasteiger charge is -2.38. The quantitative estimate of drug-likeness (QED) is 0.681. The van der Waals surface area contributed by atoms with Crippen LogP contribution in [0.3, 0.4) is 0 Å². The fraction of sp³-hybridized carbons (Fsp3) is 0.846. The lowest BCUT2D eigenvalue weighted by atomic mass is 9.69. The first kappa shape index (κ1) is 11.8. The number of hydrogen-bond acceptors (Lipinski definition) is 1. The lowest BCUT2D eigenvalue weighted by Crippen LogP contribution is -2.33. The predicted molar refractivity (Wildman–Crippen MR) is 63.2 cm³/mol. The SMILES string of the molecule is CCC1=C(CC)CC(CC)(CN)CC1. The van der Waals surface area contributed by atoms with E-state index >= 15 is 0 Å². The van der Waals surface area contributed by atoms with E-state index in [1.165, 1.54) is 38.5 Å². The minimum Gasteiger partial charge on any atom is -0.330 e. The largest absolute Gasteiger partial charge is 0.330 e. The van der Waals surface area contributed by atoms with Crippen molar-refractivity contribution in [3.8, 4) is 0 Å². The lowest BCUT2D eigenvalue weighted by molar-refractivity contribution is 0.241. The van der Waals surface area contributed by atoms with E-state index in [9.17, 15) is 0 Å². The molecule has 0 aromatic rings. The van der Waals surface area contributed by atoms with Gasteiger partial charge in [-0.1, -0.05) is 31.9 Å². The van der Waals surface area contributed by atoms with Crippen molar-refractivity contribution in [1.29, 1.82) is 0 Å². The van der Waals surface area contributed by atoms with Gasteiger partial charge < -0.3 is 5.73 Å². The minimum atomic E-state index is 0.435. The highest BCUT2D eigenvalue weighted by Gasteiger charge is 2.31. The molecule has 0 saturated carbocycles. The molecule has 82 valence electrons. The van der Waals surface area contributed by atoms with Crippen molar-refractivity contribution in [3.63, 3.8) is 0 Å². The van der Waals surface area contributed by atoms with Crippen molar-refractivity contribution in [3.05, 3.63) is 11.1 Å². The first-order valence-corrected chi connectivity index (χ1v) is 6.11. The van der Waals surface area contributed by atoms with Crippen molar-refractivity contribution >= 4 is 0 Å². The van der Waals surface area contributed by atoms with Crippen molar-refractivity contribution in [2.75, 3.05) is 6.54 Å². The maximum absolute atomic E-state index is 5.93. The van der Waals surface area contributed by atoms with Crippen LogP contribution in [-0.4, -0.2) is 6.54 Å². The van der Waals surface area contributed by atoms with Crippen LogP contribution < -0.4 is 5.73 Å². The van der Waals surface area contributed by atoms with Crippen LogP contribution in [0.5, 0.6) is 0 Å². The van der Waals surface area contributed by atoms with Crippen LogP contribution in [0.1, 0.15) is 59.3 Å². The fourth-order valence-electron chi connectivity index (χ4n) is 2.68. The van der Waals surface area contributed by atoms with Gasteiger partial charge in [0.2, 0.25) is 0 Å². The monoisotopic (exact) mass is 195 g/mol. The van der Waals surface area contributed by atoms with Gasteiger partial charge >= 0.3 is 0 Å². The molecule has 0 radical (unpaired) electrons. The summed E-state index contributed by atoms with van der Waals surface area (Å²) < 4.78 is 0. The van der Waals surface area contributed by atoms with E-state index in [1.54, 1.807) is 11.1 Å². The summed E-state index contributed by atoms with van der Waals surface area (Å²) in [5.41, 5.74) is 9.78. The Morgan fingerprint density at radius 3 is 2.21 bits per heavy atom. The van der Waals surface area contributed by atoms with Crippen LogP contribution in [0.2, 0.25) is 0 Å². The van der Waals surface area contributed by atoms with Crippen LogP contribution in [0.25, 0.3) is 0 Å². The molecule has 1 aliphatic rings. The van der Waals surface area contributed by atoms with Gasteiger partial charge in [-0.15, -0.1) is 0 Å². The predicted octanol–water partition coefficient (Wildman–Crippen LogP) is 3.64. The molecule has 0 spiro atoms. The topological polar surface area (TPSA) is 26.0 Å². The number of allylic oxidation sites excluding steroid dienone is 2. The van der Waals surface area contributed by atoms with Gasteiger partial charge in [-0.2, -0.15) is 0 Å². The standard InChI is InChI=1S/C13H25N/c1-4-11-7-8-13(6-3,10-14)9-12(11)5-2/h4-10,14H2,1-3H3. The van der Waals surface area contributed by atoms with Crippen LogP contribution in [0.15, 0.2) is 11.1 Å². The second-order valence-electron chi connectivity index (χ2n) is 4.65. The Hall–Kier alpha value is -0.300. The van der Waals surface area contributed by atoms with Gasteiger partial charge in [0, 0.05) is 0 Å². The van der Waals surface area contributed by atoms with Gasteiger partial charge in [0.15, 0.2) is 0 Å². The van der Waals surface area contributed by atoms with Crippen molar-refractivity contribution in [1.82, 2.24) is 0 Å². The molecule has 0 heterocycles. The van der Waals surface area contributed by atoms with Crippen LogP contribution in [0, 0.1) is 5.41 Å². The molecular formula is C13H25N. The van der Waals surface area contributed by atoms with E-state index in [-0.39, 0.29) is 0 Å². The Bertz CT molecular complexity index is 211. The Morgan fingerprint density at radius 1 is 1.14 bits per heavy atom. The van der Waals surface area contributed by atoms with E-state index < -0.39 is 0 Å². The minimum absolute atomic E-state index is 0.435. The molecule has 0 aliphatic heterocycles. The Balaban J connectivity index is 2.82. The van der Waals surface area contributed by atoms with Gasteiger partial charge in [-0.25, -0.2) is 0 Å². The zero-order chi connectivity index (χ0) is 10.6. The number of nitrogens with two attached hydrogens (primary N) is 1. The first-order chi connectivity index (χ1) is 6.71. The van der Waals surface area contributed by atoms with E-state index in [0.717, 1.165) is 6.54 Å². The number of rotatable bonds is 4. The molecule has 1 nitrogen and oxygen atoms in total. The van der Waals surface area contributed by atoms with Crippen LogP contribution >= 0.6 is 0 Å². The highest BCUT2D eigenvalue weighted by molar-refractivity contribution is 5.20. The molecule has 14 heavy (non-hydrogen) atoms. The molecule has 0 amide bonds. The normalized spacial score (nSPS) is 28.3. The first-order valence-electron chi connectivity index (χ1n) is 6.11. The zero-order valence-electron chi connectivity index (χ0n) is 10.0. The van der Waals surface area contributed by atoms with Crippen LogP contribution in [-0.2, 0) is 0 Å². The zero-order valence-corrected chi connectivity index (χ0v) is 10.0. The Labute approximate surface area is 88.8 Å². The summed E-state index contributed by atoms with van der Waals surface area (Å²) in [7, 11) is 0. The molecule has 2 N–H and O–H groups in total. The number of hydrogen-bond donors (Lipinski definition) is 1. The Kier molecular flexibility index (Phi) is 4.18. The Morgan fingerprint density at radius 2 is 1.79 bits per heavy atom. The van der Waals surface area contributed by atoms with Gasteiger partial charge in [0.25, 0.3) is 0 Å². The maximum Gasteiger partial charge on any atom is -0.00174 e. The second kappa shape index (κ2) is 4.97. The average molecular weight is 195 g/mol. The summed E-state index contributed by atoms with van der Waals surface area (Å²) in [6.45, 7) is 7.72. The van der Waals surface area contributed by atoms with E-state index in [4.69, 9.17) is 5.73 Å². The van der Waals surface area contributed by atoms with Gasteiger partial charge in [-0.3, -0.25) is 0 Å². The van der Waals surface area contributed by atoms with Crippen molar-refractivity contribution in [2.45, 2.75) is 59.3 Å². The van der Waals surface area contributed by atoms with E-state index in [0.29, 0.717) is 5.41 Å². The summed E-state index contributed by atoms with van der Waals surface area (Å²) in [4.78, 5) is 0. The van der Waals surface area contributed by atoms with Gasteiger partial charge in [0.1, 0.15) is 0 Å². The molecule has 0 aromatic heterocycles. The third kappa shape index (κ3) is 2.20. The molecule has 1 atom stereocenters. The molecular weight excluding hydrogens is 170 g/mol. The smallest absolute Gasteiger partial charge is 0.00174 e. The summed E-state index contributed by atoms with van der Waals surface area (Å²) in [5, 5.41) is 0. The summed E-state index contributed by atoms with van der Waals surface area (Å²) >= 11 is 0. The van der Waals surface area contributed by atoms with Gasteiger partial charge in [0.05, 0.1) is 0 Å². The molecule has 0 saturated heterocycles. The highest BCUT2D eigenvalue weighted by atomic mass is 14.6. The third-order valence-electron chi connectivity index (χ3n) is 4.08. The highest BCUT2D eigenvalue weighted by Crippen LogP contribution is 2.42.